The third-order valence-corrected chi connectivity index (χ3v) is 6.27. The number of aromatic nitrogens is 1. The van der Waals surface area contributed by atoms with Crippen LogP contribution in [0.1, 0.15) is 53.4 Å². The molecule has 5 nitrogen and oxygen atoms in total. The van der Waals surface area contributed by atoms with Crippen molar-refractivity contribution in [1.82, 2.24) is 9.88 Å². The first-order chi connectivity index (χ1) is 17.4. The lowest BCUT2D eigenvalue weighted by molar-refractivity contribution is 0.0496. The van der Waals surface area contributed by atoms with Crippen molar-refractivity contribution in [3.63, 3.8) is 0 Å². The van der Waals surface area contributed by atoms with Crippen LogP contribution in [0.25, 0.3) is 10.9 Å². The lowest BCUT2D eigenvalue weighted by atomic mass is 10.0. The topological polar surface area (TPSA) is 67.0 Å². The van der Waals surface area contributed by atoms with Crippen LogP contribution in [0.4, 0.5) is 4.39 Å². The van der Waals surface area contributed by atoms with Gasteiger partial charge in [0.1, 0.15) is 11.9 Å². The van der Waals surface area contributed by atoms with Crippen LogP contribution in [0.15, 0.2) is 79.0 Å². The molecule has 36 heavy (non-hydrogen) atoms. The third-order valence-electron chi connectivity index (χ3n) is 6.27. The molecule has 0 amide bonds. The molecule has 0 aliphatic heterocycles. The summed E-state index contributed by atoms with van der Waals surface area (Å²) in [6, 6.07) is 24.6. The van der Waals surface area contributed by atoms with E-state index in [1.165, 1.54) is 29.8 Å². The number of nitrogens with zero attached hydrogens (tertiary/aromatic N) is 2. The van der Waals surface area contributed by atoms with Crippen molar-refractivity contribution in [2.45, 2.75) is 45.3 Å². The maximum atomic E-state index is 13.0. The Hall–Kier alpha value is -3.95. The number of carbonyl (C=O) groups excluding carboxylic acids is 1. The average Bonchev–Trinajstić information content (AvgIpc) is 3.29. The number of esters is 1. The van der Waals surface area contributed by atoms with Crippen LogP contribution < -0.4 is 5.32 Å². The zero-order valence-electron chi connectivity index (χ0n) is 20.6. The number of hydrogen-bond donors (Lipinski definition) is 1. The van der Waals surface area contributed by atoms with Gasteiger partial charge in [-0.3, -0.25) is 0 Å². The average molecular weight is 484 g/mol. The molecule has 0 radical (unpaired) electrons. The molecule has 0 saturated heterocycles. The highest BCUT2D eigenvalue weighted by molar-refractivity contribution is 5.89. The van der Waals surface area contributed by atoms with Crippen LogP contribution in [0.5, 0.6) is 0 Å². The number of benzene rings is 3. The van der Waals surface area contributed by atoms with Crippen LogP contribution in [0, 0.1) is 17.1 Å². The van der Waals surface area contributed by atoms with Gasteiger partial charge in [0.2, 0.25) is 0 Å². The minimum absolute atomic E-state index is 0.235. The Morgan fingerprint density at radius 2 is 1.83 bits per heavy atom. The lowest BCUT2D eigenvalue weighted by Crippen LogP contribution is -2.30. The molecule has 0 saturated carbocycles. The summed E-state index contributed by atoms with van der Waals surface area (Å²) in [5.41, 5.74) is 4.22. The number of ether oxygens (including phenoxy) is 1. The highest BCUT2D eigenvalue weighted by Gasteiger charge is 2.14. The minimum Gasteiger partial charge on any atom is -0.462 e. The molecule has 0 aliphatic rings. The molecule has 0 aliphatic carbocycles. The molecule has 184 valence electrons. The van der Waals surface area contributed by atoms with E-state index in [1.807, 2.05) is 41.1 Å². The highest BCUT2D eigenvalue weighted by atomic mass is 19.1. The van der Waals surface area contributed by atoms with Gasteiger partial charge in [-0.1, -0.05) is 30.3 Å². The van der Waals surface area contributed by atoms with Gasteiger partial charge < -0.3 is 14.6 Å². The fourth-order valence-electron chi connectivity index (χ4n) is 4.55. The van der Waals surface area contributed by atoms with Crippen molar-refractivity contribution in [2.24, 2.45) is 0 Å². The van der Waals surface area contributed by atoms with E-state index in [9.17, 15) is 14.4 Å². The van der Waals surface area contributed by atoms with E-state index in [0.717, 1.165) is 22.9 Å². The quantitative estimate of drug-likeness (QED) is 0.216. The van der Waals surface area contributed by atoms with Crippen molar-refractivity contribution in [1.29, 1.82) is 5.26 Å². The van der Waals surface area contributed by atoms with Crippen molar-refractivity contribution in [2.75, 3.05) is 6.61 Å². The van der Waals surface area contributed by atoms with Gasteiger partial charge in [-0.25, -0.2) is 9.18 Å². The number of nitrogens with one attached hydrogen (secondary N) is 1. The van der Waals surface area contributed by atoms with Gasteiger partial charge in [0, 0.05) is 30.2 Å². The van der Waals surface area contributed by atoms with Gasteiger partial charge in [0.15, 0.2) is 0 Å². The van der Waals surface area contributed by atoms with E-state index in [0.29, 0.717) is 24.1 Å². The molecule has 4 rings (SSSR count). The van der Waals surface area contributed by atoms with Crippen molar-refractivity contribution in [3.8, 4) is 6.07 Å². The number of nitriles is 1. The van der Waals surface area contributed by atoms with Crippen molar-refractivity contribution >= 4 is 16.9 Å². The molecule has 1 N–H and O–H groups in total. The zero-order chi connectivity index (χ0) is 25.5. The van der Waals surface area contributed by atoms with E-state index < -0.39 is 11.8 Å². The molecule has 0 fully saturated rings. The molecule has 2 atom stereocenters. The molecule has 3 aromatic carbocycles. The molecule has 0 bridgehead atoms. The second-order valence-corrected chi connectivity index (χ2v) is 9.10. The standard InChI is InChI=1S/C30H30FN3O2/c1-21(33-22(2)24-7-4-3-5-8-24)17-23-18-26-13-15-34(29(26)27(19-23)20-32)14-6-16-36-30(35)25-9-11-28(31)12-10-25/h3-5,7-13,15,18-19,21-22,33H,6,14,16-17H2,1-2H3/t21-,22-/m1/s1. The monoisotopic (exact) mass is 483 g/mol. The predicted octanol–water partition coefficient (Wildman–Crippen LogP) is 6.18. The van der Waals surface area contributed by atoms with Crippen molar-refractivity contribution in [3.05, 3.63) is 107 Å². The van der Waals surface area contributed by atoms with Crippen LogP contribution >= 0.6 is 0 Å². The number of fused-ring (bicyclic) bond motifs is 1. The molecule has 1 heterocycles. The zero-order valence-corrected chi connectivity index (χ0v) is 20.6. The molecule has 0 spiro atoms. The van der Waals surface area contributed by atoms with Gasteiger partial charge in [0.25, 0.3) is 0 Å². The summed E-state index contributed by atoms with van der Waals surface area (Å²) in [7, 11) is 0. The van der Waals surface area contributed by atoms with Crippen LogP contribution in [0.3, 0.4) is 0 Å². The van der Waals surface area contributed by atoms with Gasteiger partial charge in [0.05, 0.1) is 23.3 Å². The summed E-state index contributed by atoms with van der Waals surface area (Å²) < 4.78 is 20.4. The van der Waals surface area contributed by atoms with E-state index in [-0.39, 0.29) is 18.7 Å². The second-order valence-electron chi connectivity index (χ2n) is 9.10. The number of carbonyl (C=O) groups is 1. The van der Waals surface area contributed by atoms with Crippen LogP contribution in [0.2, 0.25) is 0 Å². The lowest BCUT2D eigenvalue weighted by Gasteiger charge is -2.21. The summed E-state index contributed by atoms with van der Waals surface area (Å²) in [4.78, 5) is 12.1. The first-order valence-corrected chi connectivity index (χ1v) is 12.2. The second kappa shape index (κ2) is 11.7. The fourth-order valence-corrected chi connectivity index (χ4v) is 4.55. The molecular weight excluding hydrogens is 453 g/mol. The Balaban J connectivity index is 1.36. The number of hydrogen-bond acceptors (Lipinski definition) is 4. The predicted molar refractivity (Wildman–Crippen MR) is 139 cm³/mol. The first-order valence-electron chi connectivity index (χ1n) is 12.2. The molecule has 0 unspecified atom stereocenters. The smallest absolute Gasteiger partial charge is 0.338 e. The Morgan fingerprint density at radius 3 is 2.56 bits per heavy atom. The Kier molecular flexibility index (Phi) is 8.14. The van der Waals surface area contributed by atoms with Crippen LogP contribution in [-0.2, 0) is 17.7 Å². The van der Waals surface area contributed by atoms with E-state index in [2.05, 4.69) is 43.4 Å². The molecule has 6 heteroatoms. The van der Waals surface area contributed by atoms with Gasteiger partial charge >= 0.3 is 5.97 Å². The van der Waals surface area contributed by atoms with E-state index in [1.54, 1.807) is 0 Å². The summed E-state index contributed by atoms with van der Waals surface area (Å²) in [5.74, 6) is -0.867. The molecule has 1 aromatic heterocycles. The molecular formula is C30H30FN3O2. The highest BCUT2D eigenvalue weighted by Crippen LogP contribution is 2.24. The SMILES string of the molecule is C[C@H](Cc1cc(C#N)c2c(ccn2CCCOC(=O)c2ccc(F)cc2)c1)N[C@H](C)c1ccccc1. The maximum absolute atomic E-state index is 13.0. The Bertz CT molecular complexity index is 1360. The van der Waals surface area contributed by atoms with Crippen molar-refractivity contribution < 1.29 is 13.9 Å². The van der Waals surface area contributed by atoms with Gasteiger partial charge in [-0.05, 0) is 80.3 Å². The maximum Gasteiger partial charge on any atom is 0.338 e. The fraction of sp³-hybridized carbons (Fsp3) is 0.267. The third kappa shape index (κ3) is 6.18. The van der Waals surface area contributed by atoms with Crippen LogP contribution in [-0.4, -0.2) is 23.2 Å². The summed E-state index contributed by atoms with van der Waals surface area (Å²) in [6.45, 7) is 5.17. The largest absolute Gasteiger partial charge is 0.462 e. The van der Waals surface area contributed by atoms with Gasteiger partial charge in [-0.2, -0.15) is 5.26 Å². The normalized spacial score (nSPS) is 12.7. The molecule has 4 aromatic rings. The minimum atomic E-state index is -0.473. The van der Waals surface area contributed by atoms with E-state index in [4.69, 9.17) is 4.74 Å². The summed E-state index contributed by atoms with van der Waals surface area (Å²) in [6.07, 6.45) is 3.38. The number of rotatable bonds is 10. The van der Waals surface area contributed by atoms with E-state index >= 15 is 0 Å². The van der Waals surface area contributed by atoms with Gasteiger partial charge in [-0.15, -0.1) is 0 Å². The number of halogens is 1. The summed E-state index contributed by atoms with van der Waals surface area (Å²) in [5, 5.41) is 14.5. The summed E-state index contributed by atoms with van der Waals surface area (Å²) >= 11 is 0. The Morgan fingerprint density at radius 1 is 1.08 bits per heavy atom. The first kappa shape index (κ1) is 25.2. The number of aryl methyl sites for hydroxylation is 1. The Labute approximate surface area is 211 Å².